The number of aliphatic carboxylic acids is 1. The topological polar surface area (TPSA) is 86.7 Å². The molecular weight excluding hydrogens is 304 g/mol. The van der Waals surface area contributed by atoms with Crippen molar-refractivity contribution >= 4 is 35.2 Å². The van der Waals surface area contributed by atoms with Gasteiger partial charge in [0.05, 0.1) is 11.4 Å². The molecule has 0 saturated heterocycles. The summed E-state index contributed by atoms with van der Waals surface area (Å²) in [7, 11) is 0. The molecule has 2 rings (SSSR count). The number of fused-ring (bicyclic) bond motifs is 1. The van der Waals surface area contributed by atoms with Crippen LogP contribution in [0.5, 0.6) is 0 Å². The van der Waals surface area contributed by atoms with Gasteiger partial charge in [0.2, 0.25) is 11.8 Å². The Labute approximate surface area is 132 Å². The Kier molecular flexibility index (Phi) is 5.43. The lowest BCUT2D eigenvalue weighted by atomic mass is 10.1. The number of nitrogens with zero attached hydrogens (tertiary/aromatic N) is 1. The molecule has 1 unspecified atom stereocenters. The van der Waals surface area contributed by atoms with E-state index in [1.54, 1.807) is 6.92 Å². The predicted octanol–water partition coefficient (Wildman–Crippen LogP) is 1.35. The average Bonchev–Trinajstić information content (AvgIpc) is 2.47. The number of hydrogen-bond acceptors (Lipinski definition) is 4. The van der Waals surface area contributed by atoms with E-state index in [4.69, 9.17) is 5.11 Å². The predicted molar refractivity (Wildman–Crippen MR) is 83.9 cm³/mol. The summed E-state index contributed by atoms with van der Waals surface area (Å²) in [4.78, 5) is 37.1. The minimum atomic E-state index is -0.890. The van der Waals surface area contributed by atoms with Crippen LogP contribution in [0.1, 0.15) is 13.3 Å². The minimum absolute atomic E-state index is 0.00238. The first-order chi connectivity index (χ1) is 10.5. The van der Waals surface area contributed by atoms with E-state index in [1.807, 2.05) is 24.3 Å². The second kappa shape index (κ2) is 7.31. The average molecular weight is 322 g/mol. The maximum Gasteiger partial charge on any atom is 0.303 e. The molecule has 6 nitrogen and oxygen atoms in total. The quantitative estimate of drug-likeness (QED) is 0.825. The number of amides is 2. The third-order valence-corrected chi connectivity index (χ3v) is 4.33. The summed E-state index contributed by atoms with van der Waals surface area (Å²) in [5, 5.41) is 11.4. The Balaban J connectivity index is 1.94. The van der Waals surface area contributed by atoms with Gasteiger partial charge >= 0.3 is 5.97 Å². The van der Waals surface area contributed by atoms with Crippen LogP contribution in [-0.4, -0.2) is 41.7 Å². The Bertz CT molecular complexity index is 591. The third-order valence-electron chi connectivity index (χ3n) is 3.28. The van der Waals surface area contributed by atoms with Crippen molar-refractivity contribution in [1.29, 1.82) is 0 Å². The lowest BCUT2D eigenvalue weighted by molar-refractivity contribution is -0.138. The summed E-state index contributed by atoms with van der Waals surface area (Å²) in [6.45, 7) is 1.99. The second-order valence-electron chi connectivity index (χ2n) is 5.24. The van der Waals surface area contributed by atoms with Crippen LogP contribution in [0.25, 0.3) is 0 Å². The number of carboxylic acid groups (broad SMARTS) is 1. The van der Waals surface area contributed by atoms with Gasteiger partial charge in [-0.3, -0.25) is 14.4 Å². The molecule has 1 aliphatic heterocycles. The standard InChI is InChI=1S/C15H18N2O4S/c1-10(6-15(20)21)7-16-13(18)8-17-11-4-2-3-5-12(11)22-9-14(17)19/h2-5,10H,6-9H2,1H3,(H,16,18)(H,20,21). The Hall–Kier alpha value is -2.02. The molecule has 118 valence electrons. The normalized spacial score (nSPS) is 15.1. The molecule has 0 saturated carbocycles. The maximum absolute atomic E-state index is 12.0. The van der Waals surface area contributed by atoms with Crippen molar-refractivity contribution in [2.75, 3.05) is 23.7 Å². The van der Waals surface area contributed by atoms with Crippen molar-refractivity contribution in [3.8, 4) is 0 Å². The Morgan fingerprint density at radius 1 is 1.41 bits per heavy atom. The number of para-hydroxylation sites is 1. The van der Waals surface area contributed by atoms with E-state index < -0.39 is 5.97 Å². The van der Waals surface area contributed by atoms with Gasteiger partial charge in [0.15, 0.2) is 0 Å². The Morgan fingerprint density at radius 2 is 2.14 bits per heavy atom. The number of hydrogen-bond donors (Lipinski definition) is 2. The number of benzene rings is 1. The van der Waals surface area contributed by atoms with E-state index in [1.165, 1.54) is 16.7 Å². The lowest BCUT2D eigenvalue weighted by Gasteiger charge is -2.28. The highest BCUT2D eigenvalue weighted by Crippen LogP contribution is 2.34. The minimum Gasteiger partial charge on any atom is -0.481 e. The number of carbonyl (C=O) groups is 3. The second-order valence-corrected chi connectivity index (χ2v) is 6.26. The first kappa shape index (κ1) is 16.4. The molecule has 0 spiro atoms. The third kappa shape index (κ3) is 4.24. The molecule has 1 heterocycles. The monoisotopic (exact) mass is 322 g/mol. The molecule has 1 aromatic rings. The Morgan fingerprint density at radius 3 is 2.86 bits per heavy atom. The smallest absolute Gasteiger partial charge is 0.303 e. The van der Waals surface area contributed by atoms with Gasteiger partial charge in [0, 0.05) is 17.9 Å². The summed E-state index contributed by atoms with van der Waals surface area (Å²) in [6, 6.07) is 7.47. The molecule has 2 N–H and O–H groups in total. The van der Waals surface area contributed by atoms with Crippen LogP contribution in [0, 0.1) is 5.92 Å². The van der Waals surface area contributed by atoms with Crippen molar-refractivity contribution < 1.29 is 19.5 Å². The van der Waals surface area contributed by atoms with Gasteiger partial charge in [-0.05, 0) is 18.1 Å². The molecule has 0 aromatic heterocycles. The van der Waals surface area contributed by atoms with Gasteiger partial charge in [0.1, 0.15) is 6.54 Å². The van der Waals surface area contributed by atoms with Crippen molar-refractivity contribution in [3.05, 3.63) is 24.3 Å². The number of nitrogens with one attached hydrogen (secondary N) is 1. The van der Waals surface area contributed by atoms with Crippen molar-refractivity contribution in [3.63, 3.8) is 0 Å². The van der Waals surface area contributed by atoms with Gasteiger partial charge in [-0.15, -0.1) is 11.8 Å². The van der Waals surface area contributed by atoms with Gasteiger partial charge in [-0.2, -0.15) is 0 Å². The number of rotatable bonds is 6. The molecule has 1 aromatic carbocycles. The van der Waals surface area contributed by atoms with Crippen molar-refractivity contribution in [2.45, 2.75) is 18.2 Å². The number of carbonyl (C=O) groups excluding carboxylic acids is 2. The SMILES string of the molecule is CC(CNC(=O)CN1C(=O)CSc2ccccc21)CC(=O)O. The fraction of sp³-hybridized carbons (Fsp3) is 0.400. The molecule has 1 atom stereocenters. The largest absolute Gasteiger partial charge is 0.481 e. The molecular formula is C15H18N2O4S. The molecule has 7 heteroatoms. The molecule has 0 fully saturated rings. The van der Waals surface area contributed by atoms with Crippen LogP contribution in [-0.2, 0) is 14.4 Å². The van der Waals surface area contributed by atoms with Crippen LogP contribution in [0.2, 0.25) is 0 Å². The first-order valence-electron chi connectivity index (χ1n) is 6.98. The first-order valence-corrected chi connectivity index (χ1v) is 7.96. The molecule has 2 amide bonds. The van der Waals surface area contributed by atoms with E-state index in [0.29, 0.717) is 5.75 Å². The van der Waals surface area contributed by atoms with Crippen molar-refractivity contribution in [2.24, 2.45) is 5.92 Å². The van der Waals surface area contributed by atoms with Crippen LogP contribution < -0.4 is 10.2 Å². The zero-order chi connectivity index (χ0) is 16.1. The summed E-state index contributed by atoms with van der Waals surface area (Å²) in [5.41, 5.74) is 0.748. The van der Waals surface area contributed by atoms with Gasteiger partial charge in [-0.25, -0.2) is 0 Å². The molecule has 0 aliphatic carbocycles. The van der Waals surface area contributed by atoms with Gasteiger partial charge in [-0.1, -0.05) is 19.1 Å². The highest BCUT2D eigenvalue weighted by atomic mass is 32.2. The van der Waals surface area contributed by atoms with Crippen molar-refractivity contribution in [1.82, 2.24) is 5.32 Å². The lowest BCUT2D eigenvalue weighted by Crippen LogP contribution is -2.44. The van der Waals surface area contributed by atoms with E-state index in [0.717, 1.165) is 10.6 Å². The molecule has 0 radical (unpaired) electrons. The van der Waals surface area contributed by atoms with Crippen LogP contribution in [0.15, 0.2) is 29.2 Å². The number of thioether (sulfide) groups is 1. The maximum atomic E-state index is 12.0. The highest BCUT2D eigenvalue weighted by molar-refractivity contribution is 8.00. The summed E-state index contributed by atoms with van der Waals surface area (Å²) >= 11 is 1.46. The van der Waals surface area contributed by atoms with Crippen LogP contribution >= 0.6 is 11.8 Å². The molecule has 1 aliphatic rings. The van der Waals surface area contributed by atoms with Gasteiger partial charge in [0.25, 0.3) is 0 Å². The van der Waals surface area contributed by atoms with E-state index in [9.17, 15) is 14.4 Å². The van der Waals surface area contributed by atoms with Crippen LogP contribution in [0.4, 0.5) is 5.69 Å². The summed E-state index contributed by atoms with van der Waals surface area (Å²) in [5.74, 6) is -1.11. The van der Waals surface area contributed by atoms with E-state index in [2.05, 4.69) is 5.32 Å². The highest BCUT2D eigenvalue weighted by Gasteiger charge is 2.26. The zero-order valence-electron chi connectivity index (χ0n) is 12.2. The molecule has 0 bridgehead atoms. The number of anilines is 1. The summed E-state index contributed by atoms with van der Waals surface area (Å²) < 4.78 is 0. The van der Waals surface area contributed by atoms with Gasteiger partial charge < -0.3 is 15.3 Å². The summed E-state index contributed by atoms with van der Waals surface area (Å²) in [6.07, 6.45) is 0.00238. The fourth-order valence-corrected chi connectivity index (χ4v) is 3.12. The van der Waals surface area contributed by atoms with Crippen LogP contribution in [0.3, 0.4) is 0 Å². The zero-order valence-corrected chi connectivity index (χ0v) is 13.1. The number of carboxylic acids is 1. The fourth-order valence-electron chi connectivity index (χ4n) is 2.19. The van der Waals surface area contributed by atoms with E-state index in [-0.39, 0.29) is 37.2 Å². The van der Waals surface area contributed by atoms with E-state index >= 15 is 0 Å². The molecule has 22 heavy (non-hydrogen) atoms.